The third-order valence-electron chi connectivity index (χ3n) is 14.3. The molecule has 9 nitrogen and oxygen atoms in total. The van der Waals surface area contributed by atoms with Crippen LogP contribution in [0.1, 0.15) is 265 Å². The molecule has 484 valence electrons. The number of phosphoric ester groups is 1. The third-order valence-corrected chi connectivity index (χ3v) is 15.2. The fourth-order valence-electron chi connectivity index (χ4n) is 9.08. The maximum atomic E-state index is 13.6. The number of likely N-dealkylation sites (N-methyl/N-ethyl adjacent to an activating group) is 1. The number of nitrogens with one attached hydrogen (secondary N) is 1. The maximum Gasteiger partial charge on any atom is 0.306 e. The summed E-state index contributed by atoms with van der Waals surface area (Å²) < 4.78 is 30.4. The van der Waals surface area contributed by atoms with Crippen molar-refractivity contribution in [2.75, 3.05) is 40.9 Å². The molecule has 0 heterocycles. The number of rotatable bonds is 60. The van der Waals surface area contributed by atoms with Gasteiger partial charge in [-0.25, -0.2) is 0 Å². The van der Waals surface area contributed by atoms with Crippen molar-refractivity contribution >= 4 is 19.7 Å². The van der Waals surface area contributed by atoms with Crippen molar-refractivity contribution in [3.05, 3.63) is 146 Å². The summed E-state index contributed by atoms with van der Waals surface area (Å²) in [6, 6.07) is -0.917. The Morgan fingerprint density at radius 1 is 0.424 bits per heavy atom. The first kappa shape index (κ1) is 80.9. The molecule has 10 heteroatoms. The Morgan fingerprint density at radius 3 is 1.13 bits per heavy atom. The molecule has 0 aliphatic rings. The number of allylic oxidation sites excluding steroid dienone is 23. The average Bonchev–Trinajstić information content (AvgIpc) is 3.64. The van der Waals surface area contributed by atoms with E-state index in [-0.39, 0.29) is 31.3 Å². The second kappa shape index (κ2) is 62.9. The number of hydrogen-bond donors (Lipinski definition) is 1. The summed E-state index contributed by atoms with van der Waals surface area (Å²) in [5, 5.41) is 3.02. The Balaban J connectivity index is 5.26. The van der Waals surface area contributed by atoms with Crippen molar-refractivity contribution in [2.24, 2.45) is 0 Å². The van der Waals surface area contributed by atoms with Crippen LogP contribution in [0.25, 0.3) is 0 Å². The highest BCUT2D eigenvalue weighted by Crippen LogP contribution is 2.38. The van der Waals surface area contributed by atoms with Gasteiger partial charge in [0.1, 0.15) is 19.3 Å². The van der Waals surface area contributed by atoms with E-state index in [0.717, 1.165) is 161 Å². The van der Waals surface area contributed by atoms with Crippen molar-refractivity contribution in [3.63, 3.8) is 0 Å². The molecular weight excluding hydrogens is 1070 g/mol. The van der Waals surface area contributed by atoms with Crippen LogP contribution >= 0.6 is 7.82 Å². The first-order chi connectivity index (χ1) is 41.4. The summed E-state index contributed by atoms with van der Waals surface area (Å²) in [6.45, 7) is 6.58. The minimum atomic E-state index is -4.72. The molecular formula is C75H127N2O7P. The van der Waals surface area contributed by atoms with Crippen LogP contribution in [0, 0.1) is 0 Å². The zero-order valence-corrected chi connectivity index (χ0v) is 56.1. The second-order valence-electron chi connectivity index (χ2n) is 23.6. The number of carbonyl (C=O) groups is 2. The number of unbranched alkanes of at least 4 members (excludes halogenated alkanes) is 22. The van der Waals surface area contributed by atoms with Crippen LogP contribution in [0.4, 0.5) is 0 Å². The van der Waals surface area contributed by atoms with E-state index in [1.807, 2.05) is 33.3 Å². The molecule has 0 bridgehead atoms. The lowest BCUT2D eigenvalue weighted by Crippen LogP contribution is -2.47. The minimum Gasteiger partial charge on any atom is -0.756 e. The molecule has 0 fully saturated rings. The number of ether oxygens (including phenoxy) is 1. The van der Waals surface area contributed by atoms with E-state index < -0.39 is 26.6 Å². The summed E-state index contributed by atoms with van der Waals surface area (Å²) in [7, 11) is 1.14. The molecule has 0 aliphatic heterocycles. The number of phosphoric acid groups is 1. The molecule has 0 aromatic heterocycles. The number of hydrogen-bond acceptors (Lipinski definition) is 7. The Bertz CT molecular complexity index is 1960. The van der Waals surface area contributed by atoms with Gasteiger partial charge >= 0.3 is 5.97 Å². The third kappa shape index (κ3) is 64.2. The van der Waals surface area contributed by atoms with Gasteiger partial charge in [-0.1, -0.05) is 270 Å². The van der Waals surface area contributed by atoms with E-state index in [1.165, 1.54) is 57.8 Å². The van der Waals surface area contributed by atoms with Gasteiger partial charge in [-0.3, -0.25) is 14.2 Å². The summed E-state index contributed by atoms with van der Waals surface area (Å²) >= 11 is 0. The predicted molar refractivity (Wildman–Crippen MR) is 366 cm³/mol. The van der Waals surface area contributed by atoms with Crippen molar-refractivity contribution in [1.29, 1.82) is 0 Å². The van der Waals surface area contributed by atoms with Crippen molar-refractivity contribution in [3.8, 4) is 0 Å². The van der Waals surface area contributed by atoms with Gasteiger partial charge in [0.25, 0.3) is 7.82 Å². The fourth-order valence-corrected chi connectivity index (χ4v) is 9.80. The zero-order chi connectivity index (χ0) is 62.1. The second-order valence-corrected chi connectivity index (χ2v) is 25.0. The molecule has 0 aromatic carbocycles. The van der Waals surface area contributed by atoms with Crippen molar-refractivity contribution in [2.45, 2.75) is 277 Å². The number of esters is 1. The van der Waals surface area contributed by atoms with Crippen LogP contribution in [-0.2, 0) is 27.9 Å². The van der Waals surface area contributed by atoms with Crippen LogP contribution in [0.5, 0.6) is 0 Å². The van der Waals surface area contributed by atoms with E-state index in [9.17, 15) is 19.0 Å². The fraction of sp³-hybridized carbons (Fsp3) is 0.653. The molecule has 0 saturated carbocycles. The molecule has 0 aliphatic carbocycles. The first-order valence-electron chi connectivity index (χ1n) is 34.1. The van der Waals surface area contributed by atoms with Gasteiger partial charge in [-0.2, -0.15) is 0 Å². The zero-order valence-electron chi connectivity index (χ0n) is 55.3. The quantitative estimate of drug-likeness (QED) is 0.0212. The van der Waals surface area contributed by atoms with Gasteiger partial charge in [0.05, 0.1) is 33.8 Å². The highest BCUT2D eigenvalue weighted by atomic mass is 31.2. The lowest BCUT2D eigenvalue weighted by atomic mass is 10.0. The van der Waals surface area contributed by atoms with Gasteiger partial charge in [0.15, 0.2) is 0 Å². The van der Waals surface area contributed by atoms with Gasteiger partial charge in [0, 0.05) is 12.8 Å². The van der Waals surface area contributed by atoms with Gasteiger partial charge in [-0.05, 0) is 128 Å². The molecule has 0 rings (SSSR count). The van der Waals surface area contributed by atoms with Gasteiger partial charge in [0.2, 0.25) is 5.91 Å². The van der Waals surface area contributed by atoms with Gasteiger partial charge < -0.3 is 28.5 Å². The Kier molecular flexibility index (Phi) is 59.9. The van der Waals surface area contributed by atoms with Crippen LogP contribution in [0.2, 0.25) is 0 Å². The lowest BCUT2D eigenvalue weighted by molar-refractivity contribution is -0.870. The van der Waals surface area contributed by atoms with Crippen LogP contribution in [-0.4, -0.2) is 69.4 Å². The molecule has 85 heavy (non-hydrogen) atoms. The molecule has 3 atom stereocenters. The van der Waals surface area contributed by atoms with E-state index in [0.29, 0.717) is 23.9 Å². The molecule has 1 amide bonds. The number of amides is 1. The lowest BCUT2D eigenvalue weighted by Gasteiger charge is -2.30. The smallest absolute Gasteiger partial charge is 0.306 e. The van der Waals surface area contributed by atoms with Crippen molar-refractivity contribution < 1.29 is 37.3 Å². The standard InChI is InChI=1S/C75H127N2O7P/c1-7-10-13-16-19-22-25-28-30-32-34-36-37-38-39-41-42-44-46-49-52-55-58-61-64-67-74(78)76-72(71-83-85(80,81)82-70-69-77(4,5)6)73(66-63-60-57-54-51-48-27-24-21-18-15-12-9-3)84-75(79)68-65-62-59-56-53-50-47-45-43-40-35-33-31-29-26-23-20-17-14-11-8-2/h10-11,13-14,19-20,22-23,28-31,34-36,38-40,42,44-45,47,63,66,72-73H,7-9,12,15-18,21,24-27,32-33,37,41,43,46,48-62,64-65,67-71H2,1-6H3,(H-,76,78,80,81)/b13-10-,14-11-,22-19-,23-20-,30-28-,31-29-,36-34-,39-38-,40-35-,44-42-,47-45-,66-63-. The maximum absolute atomic E-state index is 13.6. The predicted octanol–water partition coefficient (Wildman–Crippen LogP) is 21.1. The SMILES string of the molecule is CC/C=C\C/C=C\C/C=C\C/C=C\C/C=C\C/C=C\CCCCCCCCC(=O)NC(COP(=O)([O-])OCC[N+](C)(C)C)C(/C=C\CCCCCCCCCCCCC)OC(=O)CCCCCCC/C=C\C/C=C\C/C=C\C/C=C\C/C=C\CC. The summed E-state index contributed by atoms with van der Waals surface area (Å²) in [4.78, 5) is 40.2. The normalized spacial score (nSPS) is 14.5. The van der Waals surface area contributed by atoms with Crippen LogP contribution in [0.3, 0.4) is 0 Å². The van der Waals surface area contributed by atoms with Crippen molar-refractivity contribution in [1.82, 2.24) is 5.32 Å². The van der Waals surface area contributed by atoms with Gasteiger partial charge in [-0.15, -0.1) is 0 Å². The van der Waals surface area contributed by atoms with E-state index >= 15 is 0 Å². The van der Waals surface area contributed by atoms with Crippen LogP contribution < -0.4 is 10.2 Å². The van der Waals surface area contributed by atoms with E-state index in [4.69, 9.17) is 13.8 Å². The Morgan fingerprint density at radius 2 is 0.753 bits per heavy atom. The molecule has 0 saturated heterocycles. The largest absolute Gasteiger partial charge is 0.756 e. The number of nitrogens with zero attached hydrogens (tertiary/aromatic N) is 1. The average molecular weight is 1200 g/mol. The topological polar surface area (TPSA) is 114 Å². The summed E-state index contributed by atoms with van der Waals surface area (Å²) in [5.41, 5.74) is 0. The Labute approximate surface area is 523 Å². The molecule has 0 aromatic rings. The minimum absolute atomic E-state index is 0.0372. The van der Waals surface area contributed by atoms with E-state index in [1.54, 1.807) is 0 Å². The highest BCUT2D eigenvalue weighted by Gasteiger charge is 2.27. The monoisotopic (exact) mass is 1200 g/mol. The molecule has 0 radical (unpaired) electrons. The highest BCUT2D eigenvalue weighted by molar-refractivity contribution is 7.45. The number of carbonyl (C=O) groups excluding carboxylic acids is 2. The summed E-state index contributed by atoms with van der Waals surface area (Å²) in [6.07, 6.45) is 91.0. The van der Waals surface area contributed by atoms with Crippen LogP contribution in [0.15, 0.2) is 146 Å². The molecule has 1 N–H and O–H groups in total. The number of quaternary nitrogens is 1. The summed E-state index contributed by atoms with van der Waals surface area (Å²) in [5.74, 6) is -0.588. The first-order valence-corrected chi connectivity index (χ1v) is 35.6. The molecule has 3 unspecified atom stereocenters. The molecule has 0 spiro atoms. The van der Waals surface area contributed by atoms with E-state index in [2.05, 4.69) is 160 Å². The Hall–Kier alpha value is -4.11.